The van der Waals surface area contributed by atoms with Crippen LogP contribution in [0.3, 0.4) is 0 Å². The highest BCUT2D eigenvalue weighted by atomic mass is 16.6. The summed E-state index contributed by atoms with van der Waals surface area (Å²) >= 11 is 0. The van der Waals surface area contributed by atoms with Gasteiger partial charge in [-0.2, -0.15) is 0 Å². The van der Waals surface area contributed by atoms with Gasteiger partial charge in [-0.1, -0.05) is 36.4 Å². The van der Waals surface area contributed by atoms with Crippen LogP contribution < -0.4 is 10.1 Å². The Morgan fingerprint density at radius 3 is 2.56 bits per heavy atom. The van der Waals surface area contributed by atoms with Gasteiger partial charge in [-0.3, -0.25) is 4.79 Å². The highest BCUT2D eigenvalue weighted by molar-refractivity contribution is 5.97. The first-order valence-electron chi connectivity index (χ1n) is 8.60. The van der Waals surface area contributed by atoms with Crippen molar-refractivity contribution in [3.8, 4) is 5.75 Å². The molecule has 6 nitrogen and oxygen atoms in total. The first-order valence-corrected chi connectivity index (χ1v) is 8.60. The second-order valence-corrected chi connectivity index (χ2v) is 6.13. The quantitative estimate of drug-likeness (QED) is 0.674. The molecule has 0 spiro atoms. The Morgan fingerprint density at radius 1 is 1.11 bits per heavy atom. The van der Waals surface area contributed by atoms with Crippen molar-refractivity contribution in [3.05, 3.63) is 65.4 Å². The fraction of sp³-hybridized carbons (Fsp3) is 0.238. The molecular formula is C21H21NO5. The van der Waals surface area contributed by atoms with E-state index in [-0.39, 0.29) is 12.3 Å². The predicted octanol–water partition coefficient (Wildman–Crippen LogP) is 3.61. The number of amides is 1. The van der Waals surface area contributed by atoms with Crippen molar-refractivity contribution in [3.63, 3.8) is 0 Å². The number of carbonyl (C=O) groups excluding carboxylic acids is 2. The molecule has 1 heterocycles. The molecule has 3 rings (SSSR count). The standard InChI is InChI=1S/C21H21NO5/c1-13-16-9-5-7-11-18(16)27-19(13)21(24)26-14(2)20(23)22-12-15-8-4-6-10-17(15)25-3/h4-11,14H,12H2,1-3H3,(H,22,23)/t14-/m0/s1. The number of aryl methyl sites for hydroxylation is 1. The Hall–Kier alpha value is -3.28. The zero-order valence-corrected chi connectivity index (χ0v) is 15.4. The summed E-state index contributed by atoms with van der Waals surface area (Å²) in [5.74, 6) is -0.271. The summed E-state index contributed by atoms with van der Waals surface area (Å²) in [5, 5.41) is 3.59. The maximum absolute atomic E-state index is 12.4. The van der Waals surface area contributed by atoms with Gasteiger partial charge in [0.25, 0.3) is 5.91 Å². The molecule has 0 saturated carbocycles. The minimum Gasteiger partial charge on any atom is -0.496 e. The van der Waals surface area contributed by atoms with Crippen LogP contribution in [0.4, 0.5) is 0 Å². The van der Waals surface area contributed by atoms with Crippen molar-refractivity contribution in [2.75, 3.05) is 7.11 Å². The molecule has 0 unspecified atom stereocenters. The van der Waals surface area contributed by atoms with Crippen molar-refractivity contribution >= 4 is 22.8 Å². The summed E-state index contributed by atoms with van der Waals surface area (Å²) in [5.41, 5.74) is 2.13. The first-order chi connectivity index (χ1) is 13.0. The lowest BCUT2D eigenvalue weighted by atomic mass is 10.1. The van der Waals surface area contributed by atoms with Crippen LogP contribution in [0, 0.1) is 6.92 Å². The van der Waals surface area contributed by atoms with Crippen molar-refractivity contribution in [2.45, 2.75) is 26.5 Å². The monoisotopic (exact) mass is 367 g/mol. The molecule has 0 aliphatic carbocycles. The van der Waals surface area contributed by atoms with Gasteiger partial charge in [0.1, 0.15) is 11.3 Å². The number of benzene rings is 2. The van der Waals surface area contributed by atoms with E-state index in [1.807, 2.05) is 42.5 Å². The topological polar surface area (TPSA) is 77.8 Å². The van der Waals surface area contributed by atoms with Gasteiger partial charge in [-0.25, -0.2) is 4.79 Å². The van der Waals surface area contributed by atoms with Gasteiger partial charge in [0, 0.05) is 23.1 Å². The predicted molar refractivity (Wildman–Crippen MR) is 101 cm³/mol. The second-order valence-electron chi connectivity index (χ2n) is 6.13. The molecule has 0 fully saturated rings. The van der Waals surface area contributed by atoms with E-state index in [4.69, 9.17) is 13.9 Å². The maximum atomic E-state index is 12.4. The molecular weight excluding hydrogens is 346 g/mol. The van der Waals surface area contributed by atoms with Crippen LogP contribution in [0.25, 0.3) is 11.0 Å². The minimum atomic E-state index is -0.959. The number of fused-ring (bicyclic) bond motifs is 1. The lowest BCUT2D eigenvalue weighted by Gasteiger charge is -2.14. The van der Waals surface area contributed by atoms with E-state index in [0.29, 0.717) is 16.9 Å². The number of rotatable bonds is 6. The molecule has 27 heavy (non-hydrogen) atoms. The molecule has 6 heteroatoms. The van der Waals surface area contributed by atoms with Crippen LogP contribution in [-0.4, -0.2) is 25.1 Å². The molecule has 0 saturated heterocycles. The minimum absolute atomic E-state index is 0.112. The molecule has 1 N–H and O–H groups in total. The number of ether oxygens (including phenoxy) is 2. The molecule has 2 aromatic carbocycles. The third-order valence-corrected chi connectivity index (χ3v) is 4.33. The Morgan fingerprint density at radius 2 is 1.81 bits per heavy atom. The maximum Gasteiger partial charge on any atom is 0.375 e. The van der Waals surface area contributed by atoms with Crippen LogP contribution in [0.5, 0.6) is 5.75 Å². The molecule has 3 aromatic rings. The number of hydrogen-bond acceptors (Lipinski definition) is 5. The van der Waals surface area contributed by atoms with Crippen molar-refractivity contribution in [1.29, 1.82) is 0 Å². The molecule has 0 aliphatic heterocycles. The summed E-state index contributed by atoms with van der Waals surface area (Å²) in [6.07, 6.45) is -0.959. The third-order valence-electron chi connectivity index (χ3n) is 4.33. The molecule has 1 aromatic heterocycles. The molecule has 0 radical (unpaired) electrons. The summed E-state index contributed by atoms with van der Waals surface area (Å²) in [6.45, 7) is 3.58. The fourth-order valence-corrected chi connectivity index (χ4v) is 2.81. The van der Waals surface area contributed by atoms with Gasteiger partial charge in [-0.15, -0.1) is 0 Å². The Bertz CT molecular complexity index is 976. The van der Waals surface area contributed by atoms with Crippen LogP contribution in [0.2, 0.25) is 0 Å². The number of carbonyl (C=O) groups is 2. The van der Waals surface area contributed by atoms with E-state index in [1.54, 1.807) is 20.1 Å². The van der Waals surface area contributed by atoms with Gasteiger partial charge in [0.2, 0.25) is 5.76 Å². The highest BCUT2D eigenvalue weighted by Crippen LogP contribution is 2.25. The Kier molecular flexibility index (Phi) is 5.45. The largest absolute Gasteiger partial charge is 0.496 e. The first kappa shape index (κ1) is 18.5. The van der Waals surface area contributed by atoms with Crippen molar-refractivity contribution in [1.82, 2.24) is 5.32 Å². The van der Waals surface area contributed by atoms with Gasteiger partial charge in [-0.05, 0) is 26.0 Å². The van der Waals surface area contributed by atoms with Gasteiger partial charge < -0.3 is 19.2 Å². The smallest absolute Gasteiger partial charge is 0.375 e. The molecule has 0 bridgehead atoms. The van der Waals surface area contributed by atoms with Crippen LogP contribution in [-0.2, 0) is 16.1 Å². The van der Waals surface area contributed by atoms with Gasteiger partial charge in [0.15, 0.2) is 6.10 Å². The summed E-state index contributed by atoms with van der Waals surface area (Å²) in [4.78, 5) is 24.7. The lowest BCUT2D eigenvalue weighted by Crippen LogP contribution is -2.35. The number of esters is 1. The molecule has 140 valence electrons. The fourth-order valence-electron chi connectivity index (χ4n) is 2.81. The number of hydrogen-bond donors (Lipinski definition) is 1. The van der Waals surface area contributed by atoms with Crippen molar-refractivity contribution in [2.24, 2.45) is 0 Å². The SMILES string of the molecule is COc1ccccc1CNC(=O)[C@H](C)OC(=O)c1oc2ccccc2c1C. The van der Waals surface area contributed by atoms with Crippen LogP contribution in [0.1, 0.15) is 28.6 Å². The Labute approximate surface area is 157 Å². The van der Waals surface area contributed by atoms with E-state index < -0.39 is 18.0 Å². The summed E-state index contributed by atoms with van der Waals surface area (Å²) in [6, 6.07) is 14.7. The molecule has 1 amide bonds. The van der Waals surface area contributed by atoms with E-state index in [9.17, 15) is 9.59 Å². The van der Waals surface area contributed by atoms with E-state index >= 15 is 0 Å². The lowest BCUT2D eigenvalue weighted by molar-refractivity contribution is -0.129. The highest BCUT2D eigenvalue weighted by Gasteiger charge is 2.24. The van der Waals surface area contributed by atoms with E-state index in [2.05, 4.69) is 5.32 Å². The molecule has 0 aliphatic rings. The summed E-state index contributed by atoms with van der Waals surface area (Å²) in [7, 11) is 1.57. The molecule has 1 atom stereocenters. The summed E-state index contributed by atoms with van der Waals surface area (Å²) < 4.78 is 16.1. The van der Waals surface area contributed by atoms with E-state index in [0.717, 1.165) is 10.9 Å². The Balaban J connectivity index is 1.63. The van der Waals surface area contributed by atoms with Crippen LogP contribution >= 0.6 is 0 Å². The zero-order valence-electron chi connectivity index (χ0n) is 15.4. The van der Waals surface area contributed by atoms with Crippen molar-refractivity contribution < 1.29 is 23.5 Å². The van der Waals surface area contributed by atoms with Gasteiger partial charge in [0.05, 0.1) is 7.11 Å². The van der Waals surface area contributed by atoms with Crippen LogP contribution in [0.15, 0.2) is 52.9 Å². The number of methoxy groups -OCH3 is 1. The average molecular weight is 367 g/mol. The number of nitrogens with one attached hydrogen (secondary N) is 1. The van der Waals surface area contributed by atoms with E-state index in [1.165, 1.54) is 6.92 Å². The van der Waals surface area contributed by atoms with Gasteiger partial charge >= 0.3 is 5.97 Å². The second kappa shape index (κ2) is 7.95. The normalized spacial score (nSPS) is 11.8. The number of furan rings is 1. The zero-order chi connectivity index (χ0) is 19.4. The number of para-hydroxylation sites is 2. The average Bonchev–Trinajstić information content (AvgIpc) is 3.03. The third kappa shape index (κ3) is 3.95.